The average Bonchev–Trinajstić information content (AvgIpc) is 3.16. The van der Waals surface area contributed by atoms with E-state index in [1.54, 1.807) is 0 Å². The van der Waals surface area contributed by atoms with Crippen LogP contribution in [0.2, 0.25) is 0 Å². The van der Waals surface area contributed by atoms with Gasteiger partial charge in [0.15, 0.2) is 0 Å². The van der Waals surface area contributed by atoms with E-state index in [0.29, 0.717) is 26.1 Å². The molecule has 1 aromatic heterocycles. The van der Waals surface area contributed by atoms with E-state index in [1.807, 2.05) is 53.6 Å². The fourth-order valence-electron chi connectivity index (χ4n) is 3.87. The van der Waals surface area contributed by atoms with Gasteiger partial charge in [-0.3, -0.25) is 9.59 Å². The van der Waals surface area contributed by atoms with Gasteiger partial charge in [-0.05, 0) is 42.5 Å². The van der Waals surface area contributed by atoms with E-state index in [1.165, 1.54) is 5.39 Å². The fraction of sp³-hybridized carbons (Fsp3) is 0.304. The summed E-state index contributed by atoms with van der Waals surface area (Å²) in [4.78, 5) is 26.9. The van der Waals surface area contributed by atoms with Crippen LogP contribution in [-0.4, -0.2) is 34.4 Å². The van der Waals surface area contributed by atoms with Crippen molar-refractivity contribution in [3.8, 4) is 0 Å². The summed E-state index contributed by atoms with van der Waals surface area (Å²) >= 11 is 0. The van der Waals surface area contributed by atoms with Gasteiger partial charge in [0.05, 0.1) is 0 Å². The van der Waals surface area contributed by atoms with Crippen LogP contribution in [0.3, 0.4) is 0 Å². The number of para-hydroxylation sites is 2. The number of hydrogen-bond donors (Lipinski definition) is 1. The van der Waals surface area contributed by atoms with Gasteiger partial charge < -0.3 is 14.8 Å². The van der Waals surface area contributed by atoms with E-state index >= 15 is 0 Å². The molecular formula is C23H25N3O2. The molecule has 28 heavy (non-hydrogen) atoms. The van der Waals surface area contributed by atoms with Crippen LogP contribution in [0.1, 0.15) is 19.3 Å². The predicted octanol–water partition coefficient (Wildman–Crippen LogP) is 3.91. The van der Waals surface area contributed by atoms with Crippen molar-refractivity contribution >= 4 is 28.4 Å². The Hall–Kier alpha value is -3.08. The first-order valence-electron chi connectivity index (χ1n) is 9.88. The molecule has 2 heterocycles. The fourth-order valence-corrected chi connectivity index (χ4v) is 3.87. The van der Waals surface area contributed by atoms with Gasteiger partial charge >= 0.3 is 0 Å². The molecule has 1 fully saturated rings. The Kier molecular flexibility index (Phi) is 5.42. The van der Waals surface area contributed by atoms with Gasteiger partial charge in [-0.15, -0.1) is 0 Å². The number of fused-ring (bicyclic) bond motifs is 1. The second-order valence-corrected chi connectivity index (χ2v) is 7.33. The van der Waals surface area contributed by atoms with Gasteiger partial charge in [0.25, 0.3) is 0 Å². The minimum absolute atomic E-state index is 0.0300. The summed E-state index contributed by atoms with van der Waals surface area (Å²) in [6.07, 6.45) is 3.96. The van der Waals surface area contributed by atoms with Crippen molar-refractivity contribution in [2.75, 3.05) is 18.4 Å². The van der Waals surface area contributed by atoms with Gasteiger partial charge in [-0.25, -0.2) is 0 Å². The molecule has 3 aromatic rings. The topological polar surface area (TPSA) is 54.3 Å². The van der Waals surface area contributed by atoms with E-state index in [4.69, 9.17) is 0 Å². The first-order valence-corrected chi connectivity index (χ1v) is 9.88. The third-order valence-corrected chi connectivity index (χ3v) is 5.51. The summed E-state index contributed by atoms with van der Waals surface area (Å²) < 4.78 is 2.13. The molecule has 2 amide bonds. The van der Waals surface area contributed by atoms with Crippen molar-refractivity contribution in [1.82, 2.24) is 9.47 Å². The zero-order chi connectivity index (χ0) is 19.3. The van der Waals surface area contributed by atoms with Crippen molar-refractivity contribution in [3.63, 3.8) is 0 Å². The number of aromatic nitrogens is 1. The maximum atomic E-state index is 12.6. The Labute approximate surface area is 165 Å². The largest absolute Gasteiger partial charge is 0.347 e. The molecule has 5 nitrogen and oxygen atoms in total. The monoisotopic (exact) mass is 375 g/mol. The van der Waals surface area contributed by atoms with Crippen LogP contribution >= 0.6 is 0 Å². The Bertz CT molecular complexity index is 956. The zero-order valence-electron chi connectivity index (χ0n) is 15.9. The first kappa shape index (κ1) is 18.3. The number of nitrogens with zero attached hydrogens (tertiary/aromatic N) is 2. The van der Waals surface area contributed by atoms with Crippen LogP contribution in [0.15, 0.2) is 66.9 Å². The predicted molar refractivity (Wildman–Crippen MR) is 111 cm³/mol. The lowest BCUT2D eigenvalue weighted by Crippen LogP contribution is -2.41. The Morgan fingerprint density at radius 1 is 0.929 bits per heavy atom. The van der Waals surface area contributed by atoms with Crippen LogP contribution in [0.4, 0.5) is 5.69 Å². The maximum Gasteiger partial charge on any atom is 0.227 e. The highest BCUT2D eigenvalue weighted by atomic mass is 16.2. The number of rotatable bonds is 5. The number of carbonyl (C=O) groups excluding carboxylic acids is 2. The standard InChI is InChI=1S/C23H25N3O2/c27-22(13-17-25-14-10-18-6-4-5-9-21(18)25)26-15-11-19(12-16-26)23(28)24-20-7-2-1-3-8-20/h1-10,14,19H,11-13,15-17H2,(H,24,28). The molecular weight excluding hydrogens is 350 g/mol. The third-order valence-electron chi connectivity index (χ3n) is 5.51. The number of benzene rings is 2. The zero-order valence-corrected chi connectivity index (χ0v) is 15.9. The molecule has 0 saturated carbocycles. The van der Waals surface area contributed by atoms with Gasteiger partial charge in [0.2, 0.25) is 11.8 Å². The van der Waals surface area contributed by atoms with Crippen LogP contribution in [0, 0.1) is 5.92 Å². The summed E-state index contributed by atoms with van der Waals surface area (Å²) in [7, 11) is 0. The van der Waals surface area contributed by atoms with Gasteiger partial charge in [-0.2, -0.15) is 0 Å². The summed E-state index contributed by atoms with van der Waals surface area (Å²) in [5.41, 5.74) is 1.98. The van der Waals surface area contributed by atoms with E-state index in [9.17, 15) is 9.59 Å². The number of hydrogen-bond acceptors (Lipinski definition) is 2. The number of carbonyl (C=O) groups is 2. The molecule has 5 heteroatoms. The number of nitrogens with one attached hydrogen (secondary N) is 1. The minimum Gasteiger partial charge on any atom is -0.347 e. The molecule has 1 aliphatic rings. The third kappa shape index (κ3) is 4.09. The number of aryl methyl sites for hydroxylation is 1. The highest BCUT2D eigenvalue weighted by Gasteiger charge is 2.27. The number of anilines is 1. The van der Waals surface area contributed by atoms with E-state index in [-0.39, 0.29) is 17.7 Å². The van der Waals surface area contributed by atoms with Crippen molar-refractivity contribution in [2.45, 2.75) is 25.8 Å². The lowest BCUT2D eigenvalue weighted by atomic mass is 9.95. The van der Waals surface area contributed by atoms with Crippen LogP contribution < -0.4 is 5.32 Å². The van der Waals surface area contributed by atoms with Crippen LogP contribution in [-0.2, 0) is 16.1 Å². The average molecular weight is 375 g/mol. The van der Waals surface area contributed by atoms with E-state index in [2.05, 4.69) is 28.1 Å². The Morgan fingerprint density at radius 2 is 1.64 bits per heavy atom. The van der Waals surface area contributed by atoms with Crippen molar-refractivity contribution < 1.29 is 9.59 Å². The number of likely N-dealkylation sites (tertiary alicyclic amines) is 1. The molecule has 2 aromatic carbocycles. The lowest BCUT2D eigenvalue weighted by molar-refractivity contribution is -0.134. The van der Waals surface area contributed by atoms with Crippen LogP contribution in [0.25, 0.3) is 10.9 Å². The van der Waals surface area contributed by atoms with Gasteiger partial charge in [0, 0.05) is 49.4 Å². The minimum atomic E-state index is -0.0300. The molecule has 0 unspecified atom stereocenters. The van der Waals surface area contributed by atoms with E-state index < -0.39 is 0 Å². The molecule has 1 N–H and O–H groups in total. The summed E-state index contributed by atoms with van der Waals surface area (Å²) in [5, 5.41) is 4.17. The van der Waals surface area contributed by atoms with Crippen molar-refractivity contribution in [2.24, 2.45) is 5.92 Å². The number of piperidine rings is 1. The van der Waals surface area contributed by atoms with Gasteiger partial charge in [0.1, 0.15) is 0 Å². The highest BCUT2D eigenvalue weighted by molar-refractivity contribution is 5.92. The molecule has 0 bridgehead atoms. The lowest BCUT2D eigenvalue weighted by Gasteiger charge is -2.31. The van der Waals surface area contributed by atoms with Gasteiger partial charge in [-0.1, -0.05) is 36.4 Å². The smallest absolute Gasteiger partial charge is 0.227 e. The Balaban J connectivity index is 1.26. The molecule has 144 valence electrons. The van der Waals surface area contributed by atoms with Crippen LogP contribution in [0.5, 0.6) is 0 Å². The molecule has 0 radical (unpaired) electrons. The molecule has 0 aliphatic carbocycles. The molecule has 4 rings (SSSR count). The highest BCUT2D eigenvalue weighted by Crippen LogP contribution is 2.21. The normalized spacial score (nSPS) is 14.9. The van der Waals surface area contributed by atoms with Crippen molar-refractivity contribution in [3.05, 3.63) is 66.9 Å². The quantitative estimate of drug-likeness (QED) is 0.735. The molecule has 1 saturated heterocycles. The summed E-state index contributed by atoms with van der Waals surface area (Å²) in [5.74, 6) is 0.189. The Morgan fingerprint density at radius 3 is 2.43 bits per heavy atom. The second kappa shape index (κ2) is 8.30. The second-order valence-electron chi connectivity index (χ2n) is 7.33. The van der Waals surface area contributed by atoms with E-state index in [0.717, 1.165) is 24.0 Å². The summed E-state index contributed by atoms with van der Waals surface area (Å²) in [6, 6.07) is 19.8. The summed E-state index contributed by atoms with van der Waals surface area (Å²) in [6.45, 7) is 1.98. The number of amides is 2. The molecule has 1 aliphatic heterocycles. The maximum absolute atomic E-state index is 12.6. The first-order chi connectivity index (χ1) is 13.7. The van der Waals surface area contributed by atoms with Crippen molar-refractivity contribution in [1.29, 1.82) is 0 Å². The molecule has 0 atom stereocenters. The molecule has 0 spiro atoms. The SMILES string of the molecule is O=C(Nc1ccccc1)C1CCN(C(=O)CCn2ccc3ccccc32)CC1.